The van der Waals surface area contributed by atoms with Gasteiger partial charge in [-0.2, -0.15) is 0 Å². The summed E-state index contributed by atoms with van der Waals surface area (Å²) in [6.07, 6.45) is 4.63. The van der Waals surface area contributed by atoms with Crippen LogP contribution >= 0.6 is 24.0 Å². The Bertz CT molecular complexity index is 917. The zero-order valence-electron chi connectivity index (χ0n) is 19.2. The molecule has 1 saturated heterocycles. The maximum atomic E-state index is 13.9. The molecule has 180 valence electrons. The van der Waals surface area contributed by atoms with Gasteiger partial charge in [-0.15, -0.1) is 24.0 Å². The highest BCUT2D eigenvalue weighted by Gasteiger charge is 2.17. The molecule has 1 fully saturated rings. The maximum absolute atomic E-state index is 13.9. The molecule has 0 spiro atoms. The van der Waals surface area contributed by atoms with Crippen LogP contribution in [0.5, 0.6) is 5.75 Å². The molecule has 0 unspecified atom stereocenters. The summed E-state index contributed by atoms with van der Waals surface area (Å²) >= 11 is 0. The largest absolute Gasteiger partial charge is 0.467 e. The van der Waals surface area contributed by atoms with E-state index in [0.717, 1.165) is 29.4 Å². The molecule has 2 aliphatic rings. The van der Waals surface area contributed by atoms with Crippen molar-refractivity contribution >= 4 is 29.9 Å². The van der Waals surface area contributed by atoms with Gasteiger partial charge >= 0.3 is 0 Å². The molecule has 0 radical (unpaired) electrons. The minimum Gasteiger partial charge on any atom is -0.467 e. The van der Waals surface area contributed by atoms with E-state index in [1.807, 2.05) is 0 Å². The maximum Gasteiger partial charge on any atom is 0.191 e. The van der Waals surface area contributed by atoms with Crippen LogP contribution in [0.3, 0.4) is 0 Å². The average molecular weight is 568 g/mol. The summed E-state index contributed by atoms with van der Waals surface area (Å²) in [6.45, 7) is 5.37. The number of halogens is 2. The lowest BCUT2D eigenvalue weighted by atomic mass is 10.1. The number of guanidine groups is 1. The van der Waals surface area contributed by atoms with E-state index in [-0.39, 0.29) is 36.6 Å². The van der Waals surface area contributed by atoms with Crippen LogP contribution in [0.2, 0.25) is 0 Å². The summed E-state index contributed by atoms with van der Waals surface area (Å²) in [5.41, 5.74) is 4.18. The molecule has 2 N–H and O–H groups in total. The Labute approximate surface area is 213 Å². The Hall–Kier alpha value is -1.91. The topological polar surface area (TPSA) is 58.1 Å². The summed E-state index contributed by atoms with van der Waals surface area (Å²) < 4.78 is 24.7. The standard InChI is InChI=1S/C25H33FN4O2.HI/c1-27-25(28-10-9-21-13-23(26)14-22-17-31-18-32-24(21)22)29-15-19-5-7-20(8-6-19)16-30-11-3-2-4-12-30;/h5-8,13-14H,2-4,9-12,15-18H2,1H3,(H2,27,28,29);1H. The lowest BCUT2D eigenvalue weighted by Crippen LogP contribution is -2.38. The second-order valence-corrected chi connectivity index (χ2v) is 8.42. The van der Waals surface area contributed by atoms with Gasteiger partial charge in [-0.05, 0) is 61.2 Å². The highest BCUT2D eigenvalue weighted by atomic mass is 127. The first-order valence-electron chi connectivity index (χ1n) is 11.5. The predicted octanol–water partition coefficient (Wildman–Crippen LogP) is 4.20. The molecule has 2 aromatic rings. The fraction of sp³-hybridized carbons (Fsp3) is 0.480. The van der Waals surface area contributed by atoms with Crippen LogP contribution in [0.15, 0.2) is 41.4 Å². The Balaban J connectivity index is 0.00000306. The zero-order chi connectivity index (χ0) is 22.2. The second kappa shape index (κ2) is 13.1. The molecule has 0 amide bonds. The van der Waals surface area contributed by atoms with Crippen LogP contribution in [0.25, 0.3) is 0 Å². The van der Waals surface area contributed by atoms with Gasteiger partial charge in [0.25, 0.3) is 0 Å². The third-order valence-corrected chi connectivity index (χ3v) is 6.00. The Morgan fingerprint density at radius 3 is 2.58 bits per heavy atom. The lowest BCUT2D eigenvalue weighted by Gasteiger charge is -2.26. The summed E-state index contributed by atoms with van der Waals surface area (Å²) in [5.74, 6) is 1.20. The summed E-state index contributed by atoms with van der Waals surface area (Å²) in [7, 11) is 1.75. The Morgan fingerprint density at radius 2 is 1.82 bits per heavy atom. The van der Waals surface area contributed by atoms with Crippen LogP contribution in [-0.2, 0) is 30.9 Å². The van der Waals surface area contributed by atoms with Gasteiger partial charge in [-0.25, -0.2) is 4.39 Å². The van der Waals surface area contributed by atoms with Crippen molar-refractivity contribution in [2.75, 3.05) is 33.5 Å². The van der Waals surface area contributed by atoms with Crippen molar-refractivity contribution in [1.29, 1.82) is 0 Å². The number of hydrogen-bond acceptors (Lipinski definition) is 4. The molecule has 0 saturated carbocycles. The van der Waals surface area contributed by atoms with Gasteiger partial charge in [-0.1, -0.05) is 30.7 Å². The molecule has 4 rings (SSSR count). The van der Waals surface area contributed by atoms with Gasteiger partial charge in [0.05, 0.1) is 6.61 Å². The van der Waals surface area contributed by atoms with E-state index in [1.165, 1.54) is 55.6 Å². The third kappa shape index (κ3) is 7.55. The van der Waals surface area contributed by atoms with Gasteiger partial charge in [0.2, 0.25) is 0 Å². The molecular formula is C25H34FIN4O2. The van der Waals surface area contributed by atoms with E-state index in [9.17, 15) is 4.39 Å². The molecule has 0 atom stereocenters. The molecule has 0 bridgehead atoms. The van der Waals surface area contributed by atoms with Gasteiger partial charge in [0.1, 0.15) is 11.6 Å². The van der Waals surface area contributed by atoms with Crippen molar-refractivity contribution in [3.05, 3.63) is 64.5 Å². The number of nitrogens with zero attached hydrogens (tertiary/aromatic N) is 2. The fourth-order valence-electron chi connectivity index (χ4n) is 4.30. The first-order valence-corrected chi connectivity index (χ1v) is 11.5. The van der Waals surface area contributed by atoms with E-state index >= 15 is 0 Å². The molecule has 2 heterocycles. The van der Waals surface area contributed by atoms with Gasteiger partial charge < -0.3 is 20.1 Å². The molecule has 6 nitrogen and oxygen atoms in total. The number of ether oxygens (including phenoxy) is 2. The number of piperidine rings is 1. The van der Waals surface area contributed by atoms with Crippen molar-refractivity contribution < 1.29 is 13.9 Å². The quantitative estimate of drug-likeness (QED) is 0.298. The van der Waals surface area contributed by atoms with Gasteiger partial charge in [-0.3, -0.25) is 9.89 Å². The van der Waals surface area contributed by atoms with Crippen molar-refractivity contribution in [2.45, 2.75) is 45.4 Å². The van der Waals surface area contributed by atoms with E-state index in [2.05, 4.69) is 44.8 Å². The van der Waals surface area contributed by atoms with Gasteiger partial charge in [0.15, 0.2) is 12.8 Å². The lowest BCUT2D eigenvalue weighted by molar-refractivity contribution is -0.0172. The minimum absolute atomic E-state index is 0. The van der Waals surface area contributed by atoms with Crippen LogP contribution in [0, 0.1) is 5.82 Å². The first-order chi connectivity index (χ1) is 15.7. The summed E-state index contributed by atoms with van der Waals surface area (Å²) in [5, 5.41) is 6.65. The number of nitrogens with one attached hydrogen (secondary N) is 2. The Morgan fingerprint density at radius 1 is 1.06 bits per heavy atom. The summed E-state index contributed by atoms with van der Waals surface area (Å²) in [4.78, 5) is 6.83. The number of likely N-dealkylation sites (tertiary alicyclic amines) is 1. The van der Waals surface area contributed by atoms with Crippen molar-refractivity contribution in [3.63, 3.8) is 0 Å². The molecule has 0 aliphatic carbocycles. The minimum atomic E-state index is -0.265. The molecule has 33 heavy (non-hydrogen) atoms. The smallest absolute Gasteiger partial charge is 0.191 e. The van der Waals surface area contributed by atoms with Crippen molar-refractivity contribution in [2.24, 2.45) is 4.99 Å². The fourth-order valence-corrected chi connectivity index (χ4v) is 4.30. The number of hydrogen-bond donors (Lipinski definition) is 2. The molecule has 0 aromatic heterocycles. The van der Waals surface area contributed by atoms with E-state index in [1.54, 1.807) is 7.05 Å². The zero-order valence-corrected chi connectivity index (χ0v) is 21.6. The van der Waals surface area contributed by atoms with Crippen molar-refractivity contribution in [3.8, 4) is 5.75 Å². The van der Waals surface area contributed by atoms with Crippen LogP contribution in [0.1, 0.15) is 41.5 Å². The second-order valence-electron chi connectivity index (χ2n) is 8.42. The monoisotopic (exact) mass is 568 g/mol. The number of fused-ring (bicyclic) bond motifs is 1. The number of rotatable bonds is 7. The van der Waals surface area contributed by atoms with E-state index in [0.29, 0.717) is 26.1 Å². The third-order valence-electron chi connectivity index (χ3n) is 6.00. The predicted molar refractivity (Wildman–Crippen MR) is 140 cm³/mol. The molecule has 2 aliphatic heterocycles. The first kappa shape index (κ1) is 25.7. The normalized spacial score (nSPS) is 16.4. The SMILES string of the molecule is CN=C(NCCc1cc(F)cc2c1OCOC2)NCc1ccc(CN2CCCCC2)cc1.I. The summed E-state index contributed by atoms with van der Waals surface area (Å²) in [6, 6.07) is 11.8. The average Bonchev–Trinajstić information content (AvgIpc) is 2.82. The van der Waals surface area contributed by atoms with Crippen LogP contribution < -0.4 is 15.4 Å². The Kier molecular flexibility index (Phi) is 10.2. The van der Waals surface area contributed by atoms with Crippen LogP contribution in [0.4, 0.5) is 4.39 Å². The molecular weight excluding hydrogens is 534 g/mol. The highest BCUT2D eigenvalue weighted by Crippen LogP contribution is 2.29. The van der Waals surface area contributed by atoms with Crippen molar-refractivity contribution in [1.82, 2.24) is 15.5 Å². The van der Waals surface area contributed by atoms with Gasteiger partial charge in [0, 0.05) is 32.2 Å². The van der Waals surface area contributed by atoms with Crippen LogP contribution in [-0.4, -0.2) is 44.3 Å². The molecule has 2 aromatic carbocycles. The highest BCUT2D eigenvalue weighted by molar-refractivity contribution is 14.0. The molecule has 8 heteroatoms. The van der Waals surface area contributed by atoms with E-state index in [4.69, 9.17) is 9.47 Å². The number of benzene rings is 2. The van der Waals surface area contributed by atoms with E-state index < -0.39 is 0 Å². The number of aliphatic imine (C=N–C) groups is 1.